The van der Waals surface area contributed by atoms with Crippen LogP contribution >= 0.6 is 46.3 Å². The summed E-state index contributed by atoms with van der Waals surface area (Å²) in [5.74, 6) is 0.731. The summed E-state index contributed by atoms with van der Waals surface area (Å²) in [7, 11) is 0. The molecule has 3 aromatic carbocycles. The smallest absolute Gasteiger partial charge is 0.229 e. The summed E-state index contributed by atoms with van der Waals surface area (Å²) < 4.78 is 1.03. The highest BCUT2D eigenvalue weighted by molar-refractivity contribution is 7.99. The zero-order chi connectivity index (χ0) is 21.8. The Balaban J connectivity index is 1.56. The quantitative estimate of drug-likeness (QED) is 0.251. The van der Waals surface area contributed by atoms with Crippen molar-refractivity contribution in [3.63, 3.8) is 0 Å². The average molecular weight is 487 g/mol. The van der Waals surface area contributed by atoms with Crippen LogP contribution in [0.1, 0.15) is 17.5 Å². The molecule has 1 aromatic heterocycles. The number of anilines is 1. The molecule has 0 radical (unpaired) electrons. The van der Waals surface area contributed by atoms with E-state index in [2.05, 4.69) is 0 Å². The Kier molecular flexibility index (Phi) is 7.18. The van der Waals surface area contributed by atoms with Gasteiger partial charge in [0.2, 0.25) is 5.91 Å². The van der Waals surface area contributed by atoms with Crippen LogP contribution in [0.4, 0.5) is 5.13 Å². The molecule has 0 aliphatic heterocycles. The van der Waals surface area contributed by atoms with E-state index >= 15 is 0 Å². The van der Waals surface area contributed by atoms with Crippen molar-refractivity contribution in [3.8, 4) is 0 Å². The van der Waals surface area contributed by atoms with Gasteiger partial charge in [0, 0.05) is 27.1 Å². The van der Waals surface area contributed by atoms with Gasteiger partial charge >= 0.3 is 0 Å². The summed E-state index contributed by atoms with van der Waals surface area (Å²) in [5.41, 5.74) is 2.86. The molecule has 0 atom stereocenters. The monoisotopic (exact) mass is 486 g/mol. The molecule has 158 valence electrons. The molecule has 0 saturated heterocycles. The Morgan fingerprint density at radius 1 is 1.03 bits per heavy atom. The number of hydrogen-bond acceptors (Lipinski definition) is 4. The molecule has 3 nitrogen and oxygen atoms in total. The zero-order valence-corrected chi connectivity index (χ0v) is 20.0. The molecule has 31 heavy (non-hydrogen) atoms. The third-order valence-corrected chi connectivity index (χ3v) is 7.57. The lowest BCUT2D eigenvalue weighted by atomic mass is 10.2. The summed E-state index contributed by atoms with van der Waals surface area (Å²) in [6, 6.07) is 21.5. The molecule has 0 aliphatic rings. The molecule has 0 fully saturated rings. The van der Waals surface area contributed by atoms with E-state index in [4.69, 9.17) is 28.2 Å². The van der Waals surface area contributed by atoms with E-state index in [0.717, 1.165) is 26.2 Å². The molecule has 0 saturated carbocycles. The molecule has 7 heteroatoms. The molecule has 4 aromatic rings. The van der Waals surface area contributed by atoms with Crippen molar-refractivity contribution < 1.29 is 4.79 Å². The van der Waals surface area contributed by atoms with E-state index in [1.54, 1.807) is 16.7 Å². The SMILES string of the molecule is Cc1c(Cl)ccc2sc(N(Cc3ccccc3)C(=O)CCSc3ccc(Cl)cc3)nc12. The Morgan fingerprint density at radius 3 is 2.52 bits per heavy atom. The summed E-state index contributed by atoms with van der Waals surface area (Å²) >= 11 is 15.4. The Morgan fingerprint density at radius 2 is 1.77 bits per heavy atom. The maximum Gasteiger partial charge on any atom is 0.229 e. The van der Waals surface area contributed by atoms with Crippen molar-refractivity contribution in [2.24, 2.45) is 0 Å². The van der Waals surface area contributed by atoms with Gasteiger partial charge in [0.15, 0.2) is 5.13 Å². The van der Waals surface area contributed by atoms with Crippen molar-refractivity contribution in [2.75, 3.05) is 10.7 Å². The van der Waals surface area contributed by atoms with Crippen molar-refractivity contribution in [2.45, 2.75) is 24.8 Å². The van der Waals surface area contributed by atoms with E-state index in [-0.39, 0.29) is 5.91 Å². The molecule has 0 N–H and O–H groups in total. The van der Waals surface area contributed by atoms with Crippen molar-refractivity contribution in [1.29, 1.82) is 0 Å². The van der Waals surface area contributed by atoms with Crippen molar-refractivity contribution >= 4 is 67.6 Å². The van der Waals surface area contributed by atoms with Gasteiger partial charge in [0.05, 0.1) is 16.8 Å². The Bertz CT molecular complexity index is 1190. The van der Waals surface area contributed by atoms with Crippen LogP contribution < -0.4 is 4.90 Å². The van der Waals surface area contributed by atoms with Gasteiger partial charge < -0.3 is 0 Å². The molecular formula is C24H20Cl2N2OS2. The Hall–Kier alpha value is -2.05. The highest BCUT2D eigenvalue weighted by atomic mass is 35.5. The summed E-state index contributed by atoms with van der Waals surface area (Å²) in [6.45, 7) is 2.44. The third-order valence-electron chi connectivity index (χ3n) is 4.85. The molecule has 4 rings (SSSR count). The molecule has 1 amide bonds. The number of rotatable bonds is 7. The second-order valence-electron chi connectivity index (χ2n) is 7.03. The van der Waals surface area contributed by atoms with Crippen LogP contribution in [-0.2, 0) is 11.3 Å². The number of hydrogen-bond donors (Lipinski definition) is 0. The van der Waals surface area contributed by atoms with Gasteiger partial charge in [0.1, 0.15) is 0 Å². The molecule has 0 bridgehead atoms. The van der Waals surface area contributed by atoms with E-state index in [1.807, 2.05) is 73.7 Å². The molecule has 0 spiro atoms. The van der Waals surface area contributed by atoms with Crippen molar-refractivity contribution in [1.82, 2.24) is 4.98 Å². The molecule has 0 aliphatic carbocycles. The van der Waals surface area contributed by atoms with Gasteiger partial charge in [-0.2, -0.15) is 0 Å². The number of halogens is 2. The minimum atomic E-state index is 0.0492. The van der Waals surface area contributed by atoms with Crippen LogP contribution in [0, 0.1) is 6.92 Å². The van der Waals surface area contributed by atoms with Gasteiger partial charge in [-0.25, -0.2) is 4.98 Å². The number of nitrogens with zero attached hydrogens (tertiary/aromatic N) is 2. The fourth-order valence-corrected chi connectivity index (χ4v) is 5.32. The predicted octanol–water partition coefficient (Wildman–Crippen LogP) is 7.63. The predicted molar refractivity (Wildman–Crippen MR) is 134 cm³/mol. The highest BCUT2D eigenvalue weighted by Gasteiger charge is 2.21. The number of thioether (sulfide) groups is 1. The summed E-state index contributed by atoms with van der Waals surface area (Å²) in [5, 5.41) is 2.09. The lowest BCUT2D eigenvalue weighted by Gasteiger charge is -2.20. The lowest BCUT2D eigenvalue weighted by Crippen LogP contribution is -2.30. The number of benzene rings is 3. The fourth-order valence-electron chi connectivity index (χ4n) is 3.15. The van der Waals surface area contributed by atoms with Crippen LogP contribution in [-0.4, -0.2) is 16.6 Å². The maximum atomic E-state index is 13.3. The van der Waals surface area contributed by atoms with Gasteiger partial charge in [-0.05, 0) is 54.4 Å². The van der Waals surface area contributed by atoms with E-state index in [9.17, 15) is 4.79 Å². The van der Waals surface area contributed by atoms with Gasteiger partial charge in [-0.15, -0.1) is 11.8 Å². The second-order valence-corrected chi connectivity index (χ2v) is 10.1. The first kappa shape index (κ1) is 22.2. The van der Waals surface area contributed by atoms with Crippen LogP contribution in [0.15, 0.2) is 71.6 Å². The Labute approximate surface area is 200 Å². The average Bonchev–Trinajstić information content (AvgIpc) is 3.21. The van der Waals surface area contributed by atoms with Gasteiger partial charge in [-0.3, -0.25) is 9.69 Å². The van der Waals surface area contributed by atoms with Crippen LogP contribution in [0.25, 0.3) is 10.2 Å². The lowest BCUT2D eigenvalue weighted by molar-refractivity contribution is -0.118. The van der Waals surface area contributed by atoms with Crippen LogP contribution in [0.3, 0.4) is 0 Å². The number of fused-ring (bicyclic) bond motifs is 1. The van der Waals surface area contributed by atoms with E-state index in [0.29, 0.717) is 33.9 Å². The standard InChI is InChI=1S/C24H20Cl2N2OS2/c1-16-20(26)11-12-21-23(16)27-24(31-21)28(15-17-5-3-2-4-6-17)22(29)13-14-30-19-9-7-18(25)8-10-19/h2-12H,13-15H2,1H3. The normalized spacial score (nSPS) is 11.1. The number of thiazole rings is 1. The number of amides is 1. The van der Waals surface area contributed by atoms with E-state index < -0.39 is 0 Å². The topological polar surface area (TPSA) is 33.2 Å². The second kappa shape index (κ2) is 10.0. The van der Waals surface area contributed by atoms with E-state index in [1.165, 1.54) is 11.3 Å². The third kappa shape index (κ3) is 5.42. The first-order valence-electron chi connectivity index (χ1n) is 9.79. The summed E-state index contributed by atoms with van der Waals surface area (Å²) in [6.07, 6.45) is 0.412. The van der Waals surface area contributed by atoms with Gasteiger partial charge in [0.25, 0.3) is 0 Å². The fraction of sp³-hybridized carbons (Fsp3) is 0.167. The number of aromatic nitrogens is 1. The van der Waals surface area contributed by atoms with Crippen LogP contribution in [0.5, 0.6) is 0 Å². The molecule has 1 heterocycles. The van der Waals surface area contributed by atoms with Crippen LogP contribution in [0.2, 0.25) is 10.0 Å². The summed E-state index contributed by atoms with van der Waals surface area (Å²) in [4.78, 5) is 20.9. The number of aryl methyl sites for hydroxylation is 1. The first-order valence-corrected chi connectivity index (χ1v) is 12.4. The maximum absolute atomic E-state index is 13.3. The molecular weight excluding hydrogens is 467 g/mol. The number of carbonyl (C=O) groups excluding carboxylic acids is 1. The minimum absolute atomic E-state index is 0.0492. The minimum Gasteiger partial charge on any atom is -0.284 e. The first-order chi connectivity index (χ1) is 15.0. The number of carbonyl (C=O) groups is 1. The zero-order valence-electron chi connectivity index (χ0n) is 16.8. The molecule has 0 unspecified atom stereocenters. The van der Waals surface area contributed by atoms with Gasteiger partial charge in [-0.1, -0.05) is 64.9 Å². The van der Waals surface area contributed by atoms with Crippen molar-refractivity contribution in [3.05, 3.63) is 87.9 Å². The highest BCUT2D eigenvalue weighted by Crippen LogP contribution is 2.34. The largest absolute Gasteiger partial charge is 0.284 e.